The SMILES string of the molecule is C=CC(=O)N1CCC(C(=O)Nc2ccc(OC(F)(F)C(F)(F)F)cc2)CC1. The third kappa shape index (κ3) is 5.18. The molecule has 0 atom stereocenters. The van der Waals surface area contributed by atoms with E-state index >= 15 is 0 Å². The van der Waals surface area contributed by atoms with Crippen molar-refractivity contribution in [1.29, 1.82) is 0 Å². The van der Waals surface area contributed by atoms with Crippen LogP contribution < -0.4 is 10.1 Å². The predicted octanol–water partition coefficient (Wildman–Crippen LogP) is 3.58. The maximum Gasteiger partial charge on any atom is 0.499 e. The Morgan fingerprint density at radius 3 is 2.15 bits per heavy atom. The molecule has 2 amide bonds. The van der Waals surface area contributed by atoms with Crippen LogP contribution in [0.25, 0.3) is 0 Å². The van der Waals surface area contributed by atoms with Crippen LogP contribution in [0.3, 0.4) is 0 Å². The van der Waals surface area contributed by atoms with E-state index in [2.05, 4.69) is 16.6 Å². The Labute approximate surface area is 151 Å². The molecule has 1 aromatic rings. The van der Waals surface area contributed by atoms with E-state index in [1.807, 2.05) is 0 Å². The van der Waals surface area contributed by atoms with Crippen molar-refractivity contribution in [3.8, 4) is 5.75 Å². The number of benzene rings is 1. The van der Waals surface area contributed by atoms with E-state index < -0.39 is 18.0 Å². The van der Waals surface area contributed by atoms with Gasteiger partial charge in [-0.1, -0.05) is 6.58 Å². The van der Waals surface area contributed by atoms with E-state index in [4.69, 9.17) is 0 Å². The van der Waals surface area contributed by atoms with Crippen LogP contribution in [0, 0.1) is 5.92 Å². The first kappa shape index (κ1) is 20.7. The molecule has 0 spiro atoms. The molecule has 1 aliphatic heterocycles. The van der Waals surface area contributed by atoms with Crippen molar-refractivity contribution >= 4 is 17.5 Å². The average Bonchev–Trinajstić information content (AvgIpc) is 2.61. The highest BCUT2D eigenvalue weighted by Crippen LogP contribution is 2.37. The molecule has 0 unspecified atom stereocenters. The fourth-order valence-corrected chi connectivity index (χ4v) is 2.55. The Balaban J connectivity index is 1.90. The van der Waals surface area contributed by atoms with Crippen molar-refractivity contribution in [2.45, 2.75) is 25.1 Å². The zero-order chi connectivity index (χ0) is 20.2. The van der Waals surface area contributed by atoms with E-state index in [1.54, 1.807) is 4.90 Å². The topological polar surface area (TPSA) is 58.6 Å². The van der Waals surface area contributed by atoms with E-state index in [0.29, 0.717) is 25.9 Å². The second-order valence-electron chi connectivity index (χ2n) is 5.93. The fraction of sp³-hybridized carbons (Fsp3) is 0.412. The Morgan fingerprint density at radius 1 is 1.11 bits per heavy atom. The Morgan fingerprint density at radius 2 is 1.67 bits per heavy atom. The molecule has 2 rings (SSSR count). The van der Waals surface area contributed by atoms with Gasteiger partial charge < -0.3 is 15.0 Å². The van der Waals surface area contributed by atoms with Crippen molar-refractivity contribution < 1.29 is 36.3 Å². The van der Waals surface area contributed by atoms with Gasteiger partial charge in [-0.3, -0.25) is 9.59 Å². The molecule has 5 nitrogen and oxygen atoms in total. The standard InChI is InChI=1S/C17H17F5N2O3/c1-2-14(25)24-9-7-11(8-10-24)15(26)23-12-3-5-13(6-4-12)27-17(21,22)16(18,19)20/h2-6,11H,1,7-10H2,(H,23,26). The molecular weight excluding hydrogens is 375 g/mol. The quantitative estimate of drug-likeness (QED) is 0.616. The Bertz CT molecular complexity index is 696. The first-order chi connectivity index (χ1) is 12.5. The number of hydrogen-bond donors (Lipinski definition) is 1. The maximum absolute atomic E-state index is 12.8. The molecule has 1 heterocycles. The third-order valence-electron chi connectivity index (χ3n) is 4.05. The molecule has 27 heavy (non-hydrogen) atoms. The molecule has 0 aromatic heterocycles. The van der Waals surface area contributed by atoms with Gasteiger partial charge in [0.25, 0.3) is 0 Å². The van der Waals surface area contributed by atoms with Gasteiger partial charge in [0.1, 0.15) is 5.75 Å². The Kier molecular flexibility index (Phi) is 6.07. The van der Waals surface area contributed by atoms with Crippen LogP contribution >= 0.6 is 0 Å². The van der Waals surface area contributed by atoms with Crippen LogP contribution in [0.4, 0.5) is 27.6 Å². The molecule has 0 aliphatic carbocycles. The summed E-state index contributed by atoms with van der Waals surface area (Å²) in [6, 6.07) is 4.13. The minimum atomic E-state index is -5.83. The van der Waals surface area contributed by atoms with Crippen molar-refractivity contribution in [1.82, 2.24) is 4.90 Å². The molecule has 0 bridgehead atoms. The number of rotatable bonds is 5. The number of halogens is 5. The highest BCUT2D eigenvalue weighted by atomic mass is 19.4. The van der Waals surface area contributed by atoms with Crippen molar-refractivity contribution in [3.63, 3.8) is 0 Å². The lowest BCUT2D eigenvalue weighted by atomic mass is 9.95. The fourth-order valence-electron chi connectivity index (χ4n) is 2.55. The van der Waals surface area contributed by atoms with Gasteiger partial charge in [0, 0.05) is 24.7 Å². The normalized spacial score (nSPS) is 16.0. The number of piperidine rings is 1. The molecular formula is C17H17F5N2O3. The number of carbonyl (C=O) groups excluding carboxylic acids is 2. The predicted molar refractivity (Wildman–Crippen MR) is 86.2 cm³/mol. The minimum Gasteiger partial charge on any atom is -0.426 e. The first-order valence-corrected chi connectivity index (χ1v) is 7.99. The number of carbonyl (C=O) groups is 2. The molecule has 1 aliphatic rings. The van der Waals surface area contributed by atoms with Crippen LogP contribution in [0.1, 0.15) is 12.8 Å². The van der Waals surface area contributed by atoms with E-state index in [0.717, 1.165) is 24.3 Å². The van der Waals surface area contributed by atoms with Gasteiger partial charge in [-0.2, -0.15) is 22.0 Å². The Hall–Kier alpha value is -2.65. The average molecular weight is 392 g/mol. The molecule has 0 radical (unpaired) electrons. The van der Waals surface area contributed by atoms with Crippen molar-refractivity contribution in [2.24, 2.45) is 5.92 Å². The number of amides is 2. The van der Waals surface area contributed by atoms with Crippen LogP contribution in [0.15, 0.2) is 36.9 Å². The zero-order valence-electron chi connectivity index (χ0n) is 14.1. The molecule has 148 valence electrons. The largest absolute Gasteiger partial charge is 0.499 e. The summed E-state index contributed by atoms with van der Waals surface area (Å²) >= 11 is 0. The van der Waals surface area contributed by atoms with E-state index in [9.17, 15) is 31.5 Å². The number of hydrogen-bond acceptors (Lipinski definition) is 3. The number of alkyl halides is 5. The second-order valence-corrected chi connectivity index (χ2v) is 5.93. The van der Waals surface area contributed by atoms with Crippen LogP contribution in [-0.4, -0.2) is 42.1 Å². The van der Waals surface area contributed by atoms with Gasteiger partial charge in [0.2, 0.25) is 11.8 Å². The zero-order valence-corrected chi connectivity index (χ0v) is 14.1. The first-order valence-electron chi connectivity index (χ1n) is 7.99. The minimum absolute atomic E-state index is 0.208. The number of ether oxygens (including phenoxy) is 1. The lowest BCUT2D eigenvalue weighted by Crippen LogP contribution is -2.41. The molecule has 0 saturated carbocycles. The van der Waals surface area contributed by atoms with Crippen LogP contribution in [-0.2, 0) is 9.59 Å². The van der Waals surface area contributed by atoms with E-state index in [1.165, 1.54) is 6.08 Å². The number of nitrogens with one attached hydrogen (secondary N) is 1. The molecule has 1 saturated heterocycles. The number of likely N-dealkylation sites (tertiary alicyclic amines) is 1. The lowest BCUT2D eigenvalue weighted by molar-refractivity contribution is -0.360. The summed E-state index contributed by atoms with van der Waals surface area (Å²) < 4.78 is 65.7. The second kappa shape index (κ2) is 7.93. The summed E-state index contributed by atoms with van der Waals surface area (Å²) in [5.41, 5.74) is 0.229. The molecule has 1 aromatic carbocycles. The smallest absolute Gasteiger partial charge is 0.426 e. The summed E-state index contributed by atoms with van der Waals surface area (Å²) in [5, 5.41) is 2.56. The van der Waals surface area contributed by atoms with E-state index in [-0.39, 0.29) is 23.4 Å². The van der Waals surface area contributed by atoms with Gasteiger partial charge in [0.15, 0.2) is 0 Å². The summed E-state index contributed by atoms with van der Waals surface area (Å²) in [7, 11) is 0. The third-order valence-corrected chi connectivity index (χ3v) is 4.05. The lowest BCUT2D eigenvalue weighted by Gasteiger charge is -2.30. The van der Waals surface area contributed by atoms with Crippen molar-refractivity contribution in [3.05, 3.63) is 36.9 Å². The maximum atomic E-state index is 12.8. The van der Waals surface area contributed by atoms with Gasteiger partial charge in [-0.05, 0) is 43.2 Å². The van der Waals surface area contributed by atoms with Crippen molar-refractivity contribution in [2.75, 3.05) is 18.4 Å². The molecule has 1 fully saturated rings. The summed E-state index contributed by atoms with van der Waals surface area (Å²) in [6.45, 7) is 4.21. The van der Waals surface area contributed by atoms with Gasteiger partial charge in [-0.25, -0.2) is 0 Å². The summed E-state index contributed by atoms with van der Waals surface area (Å²) in [6.07, 6.45) is -9.04. The highest BCUT2D eigenvalue weighted by Gasteiger charge is 2.61. The van der Waals surface area contributed by atoms with Crippen LogP contribution in [0.2, 0.25) is 0 Å². The monoisotopic (exact) mass is 392 g/mol. The van der Waals surface area contributed by atoms with Gasteiger partial charge in [0.05, 0.1) is 0 Å². The molecule has 1 N–H and O–H groups in total. The summed E-state index contributed by atoms with van der Waals surface area (Å²) in [5.74, 6) is -1.56. The highest BCUT2D eigenvalue weighted by molar-refractivity contribution is 5.93. The summed E-state index contributed by atoms with van der Waals surface area (Å²) in [4.78, 5) is 25.3. The van der Waals surface area contributed by atoms with Gasteiger partial charge >= 0.3 is 12.3 Å². The number of anilines is 1. The molecule has 10 heteroatoms. The van der Waals surface area contributed by atoms with Gasteiger partial charge in [-0.15, -0.1) is 0 Å². The van der Waals surface area contributed by atoms with Crippen LogP contribution in [0.5, 0.6) is 5.75 Å². The number of nitrogens with zero attached hydrogens (tertiary/aromatic N) is 1.